The topological polar surface area (TPSA) is 63.7 Å². The van der Waals surface area contributed by atoms with Crippen LogP contribution in [0.15, 0.2) is 22.7 Å². The number of hydrogen-bond acceptors (Lipinski definition) is 4. The van der Waals surface area contributed by atoms with Gasteiger partial charge in [0.15, 0.2) is 5.78 Å². The number of amides is 2. The lowest BCUT2D eigenvalue weighted by Gasteiger charge is -2.35. The molecule has 0 bridgehead atoms. The van der Waals surface area contributed by atoms with Crippen LogP contribution in [0.25, 0.3) is 0 Å². The third kappa shape index (κ3) is 4.82. The van der Waals surface area contributed by atoms with Crippen molar-refractivity contribution in [1.82, 2.24) is 4.90 Å². The standard InChI is InChI=1S/C18H21BrClNO4/c1-10-7-12(15(22)11-5-6-13(19)14(20)8-11)16(23)21(9-10)17(24)25-18(2,3)4/h5-6,8,10,12H,7,9H2,1-4H3. The molecule has 1 aliphatic rings. The zero-order valence-electron chi connectivity index (χ0n) is 14.6. The molecule has 0 saturated carbocycles. The van der Waals surface area contributed by atoms with Gasteiger partial charge in [-0.2, -0.15) is 0 Å². The van der Waals surface area contributed by atoms with Crippen molar-refractivity contribution < 1.29 is 19.1 Å². The first-order valence-corrected chi connectivity index (χ1v) is 9.20. The van der Waals surface area contributed by atoms with E-state index in [1.54, 1.807) is 32.9 Å². The number of carbonyl (C=O) groups is 3. The maximum Gasteiger partial charge on any atom is 0.417 e. The normalized spacial score (nSPS) is 21.2. The lowest BCUT2D eigenvalue weighted by Crippen LogP contribution is -2.51. The van der Waals surface area contributed by atoms with Crippen LogP contribution in [0.3, 0.4) is 0 Å². The first-order valence-electron chi connectivity index (χ1n) is 8.03. The number of imide groups is 1. The van der Waals surface area contributed by atoms with Crippen LogP contribution in [0.5, 0.6) is 0 Å². The molecule has 136 valence electrons. The van der Waals surface area contributed by atoms with Gasteiger partial charge in [-0.25, -0.2) is 9.69 Å². The summed E-state index contributed by atoms with van der Waals surface area (Å²) < 4.78 is 5.96. The van der Waals surface area contributed by atoms with Crippen molar-refractivity contribution in [3.05, 3.63) is 33.3 Å². The number of likely N-dealkylation sites (tertiary alicyclic amines) is 1. The number of hydrogen-bond donors (Lipinski definition) is 0. The van der Waals surface area contributed by atoms with Gasteiger partial charge in [-0.05, 0) is 61.2 Å². The number of Topliss-reactive ketones (excluding diaryl/α,β-unsaturated/α-hetero) is 1. The van der Waals surface area contributed by atoms with Gasteiger partial charge in [0.1, 0.15) is 11.5 Å². The quantitative estimate of drug-likeness (QED) is 0.504. The molecule has 25 heavy (non-hydrogen) atoms. The van der Waals surface area contributed by atoms with E-state index in [4.69, 9.17) is 16.3 Å². The Labute approximate surface area is 160 Å². The second kappa shape index (κ2) is 7.46. The largest absolute Gasteiger partial charge is 0.443 e. The summed E-state index contributed by atoms with van der Waals surface area (Å²) in [6.07, 6.45) is -0.319. The molecule has 0 spiro atoms. The van der Waals surface area contributed by atoms with Crippen molar-refractivity contribution in [2.24, 2.45) is 11.8 Å². The minimum absolute atomic E-state index is 0.00471. The molecule has 2 amide bonds. The van der Waals surface area contributed by atoms with Gasteiger partial charge in [0.25, 0.3) is 0 Å². The van der Waals surface area contributed by atoms with Crippen molar-refractivity contribution in [3.8, 4) is 0 Å². The Bertz CT molecular complexity index is 714. The Morgan fingerprint density at radius 1 is 1.32 bits per heavy atom. The van der Waals surface area contributed by atoms with E-state index in [9.17, 15) is 14.4 Å². The number of nitrogens with zero attached hydrogens (tertiary/aromatic N) is 1. The summed E-state index contributed by atoms with van der Waals surface area (Å²) in [6, 6.07) is 4.80. The lowest BCUT2D eigenvalue weighted by molar-refractivity contribution is -0.136. The number of rotatable bonds is 2. The Morgan fingerprint density at radius 3 is 2.52 bits per heavy atom. The Hall–Kier alpha value is -1.40. The van der Waals surface area contributed by atoms with Crippen molar-refractivity contribution in [2.45, 2.75) is 39.7 Å². The van der Waals surface area contributed by atoms with Crippen molar-refractivity contribution in [3.63, 3.8) is 0 Å². The summed E-state index contributed by atoms with van der Waals surface area (Å²) in [4.78, 5) is 38.9. The summed E-state index contributed by atoms with van der Waals surface area (Å²) in [7, 11) is 0. The fourth-order valence-electron chi connectivity index (χ4n) is 2.72. The fraction of sp³-hybridized carbons (Fsp3) is 0.500. The van der Waals surface area contributed by atoms with Crippen LogP contribution in [0.2, 0.25) is 5.02 Å². The predicted octanol–water partition coefficient (Wildman–Crippen LogP) is 4.70. The number of halogens is 2. The maximum atomic E-state index is 12.8. The van der Waals surface area contributed by atoms with Gasteiger partial charge in [-0.3, -0.25) is 9.59 Å². The summed E-state index contributed by atoms with van der Waals surface area (Å²) in [5.74, 6) is -1.76. The van der Waals surface area contributed by atoms with Gasteiger partial charge < -0.3 is 4.74 Å². The van der Waals surface area contributed by atoms with Gasteiger partial charge in [-0.15, -0.1) is 0 Å². The second-order valence-electron chi connectivity index (χ2n) is 7.32. The highest BCUT2D eigenvalue weighted by molar-refractivity contribution is 9.10. The molecule has 1 heterocycles. The van der Waals surface area contributed by atoms with Crippen LogP contribution >= 0.6 is 27.5 Å². The molecule has 0 aromatic heterocycles. The molecule has 1 saturated heterocycles. The molecule has 2 atom stereocenters. The minimum atomic E-state index is -0.909. The molecule has 7 heteroatoms. The van der Waals surface area contributed by atoms with Crippen LogP contribution in [-0.4, -0.2) is 34.8 Å². The predicted molar refractivity (Wildman–Crippen MR) is 98.7 cm³/mol. The number of ketones is 1. The number of piperidine rings is 1. The fourth-order valence-corrected chi connectivity index (χ4v) is 3.15. The number of ether oxygens (including phenoxy) is 1. The molecule has 0 aliphatic carbocycles. The third-order valence-electron chi connectivity index (χ3n) is 3.83. The van der Waals surface area contributed by atoms with E-state index < -0.39 is 23.5 Å². The molecular weight excluding hydrogens is 410 g/mol. The molecule has 1 fully saturated rings. The Balaban J connectivity index is 2.25. The molecule has 0 N–H and O–H groups in total. The summed E-state index contributed by atoms with van der Waals surface area (Å²) >= 11 is 9.32. The summed E-state index contributed by atoms with van der Waals surface area (Å²) in [5, 5.41) is 0.395. The van der Waals surface area contributed by atoms with Crippen LogP contribution in [0.4, 0.5) is 4.79 Å². The molecule has 2 unspecified atom stereocenters. The highest BCUT2D eigenvalue weighted by Gasteiger charge is 2.41. The van der Waals surface area contributed by atoms with Gasteiger partial charge in [0.2, 0.25) is 5.91 Å². The SMILES string of the molecule is CC1CC(C(=O)c2ccc(Br)c(Cl)c2)C(=O)N(C(=O)OC(C)(C)C)C1. The van der Waals surface area contributed by atoms with E-state index in [1.165, 1.54) is 6.07 Å². The van der Waals surface area contributed by atoms with E-state index in [1.807, 2.05) is 6.92 Å². The first kappa shape index (κ1) is 19.9. The van der Waals surface area contributed by atoms with Gasteiger partial charge in [-0.1, -0.05) is 24.6 Å². The molecule has 5 nitrogen and oxygen atoms in total. The van der Waals surface area contributed by atoms with Crippen molar-refractivity contribution >= 4 is 45.3 Å². The van der Waals surface area contributed by atoms with Gasteiger partial charge >= 0.3 is 6.09 Å². The van der Waals surface area contributed by atoms with Crippen molar-refractivity contribution in [2.75, 3.05) is 6.54 Å². The van der Waals surface area contributed by atoms with Gasteiger partial charge in [0.05, 0.1) is 5.02 Å². The van der Waals surface area contributed by atoms with Crippen LogP contribution in [-0.2, 0) is 9.53 Å². The molecule has 1 aromatic rings. The minimum Gasteiger partial charge on any atom is -0.443 e. The third-order valence-corrected chi connectivity index (χ3v) is 5.06. The zero-order chi connectivity index (χ0) is 18.9. The van der Waals surface area contributed by atoms with E-state index in [0.29, 0.717) is 21.5 Å². The van der Waals surface area contributed by atoms with E-state index in [2.05, 4.69) is 15.9 Å². The Kier molecular flexibility index (Phi) is 5.94. The maximum absolute atomic E-state index is 12.8. The van der Waals surface area contributed by atoms with Crippen molar-refractivity contribution in [1.29, 1.82) is 0 Å². The van der Waals surface area contributed by atoms with E-state index in [0.717, 1.165) is 4.90 Å². The smallest absolute Gasteiger partial charge is 0.417 e. The van der Waals surface area contributed by atoms with E-state index >= 15 is 0 Å². The number of carbonyl (C=O) groups excluding carboxylic acids is 3. The molecule has 1 aromatic carbocycles. The molecule has 2 rings (SSSR count). The van der Waals surface area contributed by atoms with Crippen LogP contribution < -0.4 is 0 Å². The lowest BCUT2D eigenvalue weighted by atomic mass is 9.84. The molecule has 1 aliphatic heterocycles. The second-order valence-corrected chi connectivity index (χ2v) is 8.58. The highest BCUT2D eigenvalue weighted by atomic mass is 79.9. The van der Waals surface area contributed by atoms with Crippen LogP contribution in [0.1, 0.15) is 44.5 Å². The van der Waals surface area contributed by atoms with E-state index in [-0.39, 0.29) is 18.2 Å². The Morgan fingerprint density at radius 2 is 1.96 bits per heavy atom. The zero-order valence-corrected chi connectivity index (χ0v) is 17.0. The number of benzene rings is 1. The average Bonchev–Trinajstić information content (AvgIpc) is 2.49. The average molecular weight is 431 g/mol. The molecular formula is C18H21BrClNO4. The first-order chi connectivity index (χ1) is 11.5. The summed E-state index contributed by atoms with van der Waals surface area (Å²) in [5.41, 5.74) is -0.360. The van der Waals surface area contributed by atoms with Crippen LogP contribution in [0, 0.1) is 11.8 Å². The molecule has 0 radical (unpaired) electrons. The summed E-state index contributed by atoms with van der Waals surface area (Å²) in [6.45, 7) is 7.34. The van der Waals surface area contributed by atoms with Gasteiger partial charge in [0, 0.05) is 16.6 Å². The monoisotopic (exact) mass is 429 g/mol. The highest BCUT2D eigenvalue weighted by Crippen LogP contribution is 2.30.